The first-order chi connectivity index (χ1) is 12.8. The maximum atomic E-state index is 12.4. The predicted octanol–water partition coefficient (Wildman–Crippen LogP) is 5.30. The van der Waals surface area contributed by atoms with Crippen LogP contribution in [0.4, 0.5) is 0 Å². The van der Waals surface area contributed by atoms with Gasteiger partial charge >= 0.3 is 5.97 Å². The molecule has 3 rings (SSSR count). The summed E-state index contributed by atoms with van der Waals surface area (Å²) in [6, 6.07) is 10.1. The number of carbonyl (C=O) groups is 1. The lowest BCUT2D eigenvalue weighted by Gasteiger charge is -2.16. The topological polar surface area (TPSA) is 55.6 Å². The van der Waals surface area contributed by atoms with Crippen LogP contribution in [-0.4, -0.2) is 42.6 Å². The van der Waals surface area contributed by atoms with E-state index in [-0.39, 0.29) is 12.1 Å². The second kappa shape index (κ2) is 8.30. The number of carbonyl (C=O) groups excluding carboxylic acids is 1. The van der Waals surface area contributed by atoms with Crippen molar-refractivity contribution >= 4 is 40.3 Å². The first-order valence-electron chi connectivity index (χ1n) is 8.54. The molecular formula is C20H20Cl2N2O3. The number of benzene rings is 2. The van der Waals surface area contributed by atoms with E-state index in [2.05, 4.69) is 9.88 Å². The molecule has 142 valence electrons. The summed E-state index contributed by atoms with van der Waals surface area (Å²) in [6.45, 7) is 2.73. The van der Waals surface area contributed by atoms with Crippen molar-refractivity contribution in [3.63, 3.8) is 0 Å². The van der Waals surface area contributed by atoms with Crippen molar-refractivity contribution in [1.29, 1.82) is 0 Å². The van der Waals surface area contributed by atoms with E-state index in [1.807, 2.05) is 21.0 Å². The van der Waals surface area contributed by atoms with Crippen molar-refractivity contribution in [2.24, 2.45) is 0 Å². The van der Waals surface area contributed by atoms with Gasteiger partial charge < -0.3 is 14.1 Å². The third-order valence-electron chi connectivity index (χ3n) is 4.02. The number of oxazole rings is 1. The molecule has 0 radical (unpaired) electrons. The molecule has 7 heteroatoms. The van der Waals surface area contributed by atoms with Crippen LogP contribution in [0.15, 0.2) is 40.8 Å². The highest BCUT2D eigenvalue weighted by atomic mass is 35.5. The van der Waals surface area contributed by atoms with Crippen molar-refractivity contribution in [2.45, 2.75) is 19.4 Å². The molecular weight excluding hydrogens is 387 g/mol. The number of esters is 1. The van der Waals surface area contributed by atoms with E-state index in [0.717, 1.165) is 13.0 Å². The van der Waals surface area contributed by atoms with Gasteiger partial charge in [0.05, 0.1) is 5.56 Å². The van der Waals surface area contributed by atoms with Crippen LogP contribution in [0, 0.1) is 0 Å². The quantitative estimate of drug-likeness (QED) is 0.519. The SMILES string of the molecule is CC(CCN(C)C)OC(=O)c1ccc2nc(-c3cc(Cl)cc(Cl)c3)oc2c1. The molecule has 0 aliphatic carbocycles. The summed E-state index contributed by atoms with van der Waals surface area (Å²) in [6.07, 6.45) is 0.595. The van der Waals surface area contributed by atoms with Crippen LogP contribution in [0.2, 0.25) is 10.0 Å². The maximum Gasteiger partial charge on any atom is 0.338 e. The van der Waals surface area contributed by atoms with Crippen LogP contribution in [0.5, 0.6) is 0 Å². The van der Waals surface area contributed by atoms with Gasteiger partial charge in [0.2, 0.25) is 5.89 Å². The Morgan fingerprint density at radius 3 is 2.56 bits per heavy atom. The van der Waals surface area contributed by atoms with Crippen molar-refractivity contribution < 1.29 is 13.9 Å². The summed E-state index contributed by atoms with van der Waals surface area (Å²) < 4.78 is 11.3. The first-order valence-corrected chi connectivity index (χ1v) is 9.30. The van der Waals surface area contributed by atoms with Gasteiger partial charge in [0, 0.05) is 22.2 Å². The van der Waals surface area contributed by atoms with E-state index in [0.29, 0.717) is 38.2 Å². The van der Waals surface area contributed by atoms with E-state index in [9.17, 15) is 4.79 Å². The smallest absolute Gasteiger partial charge is 0.338 e. The van der Waals surface area contributed by atoms with Gasteiger partial charge in [-0.15, -0.1) is 0 Å². The molecule has 1 heterocycles. The lowest BCUT2D eigenvalue weighted by molar-refractivity contribution is 0.0311. The highest BCUT2D eigenvalue weighted by Crippen LogP contribution is 2.29. The number of ether oxygens (including phenoxy) is 1. The van der Waals surface area contributed by atoms with Gasteiger partial charge in [0.25, 0.3) is 0 Å². The standard InChI is InChI=1S/C20H20Cl2N2O3/c1-12(6-7-24(2)3)26-20(25)13-4-5-17-18(10-13)27-19(23-17)14-8-15(21)11-16(22)9-14/h4-5,8-12H,6-7H2,1-3H3. The zero-order valence-electron chi connectivity index (χ0n) is 15.3. The van der Waals surface area contributed by atoms with Crippen molar-refractivity contribution in [3.05, 3.63) is 52.0 Å². The van der Waals surface area contributed by atoms with E-state index < -0.39 is 0 Å². The minimum Gasteiger partial charge on any atom is -0.459 e. The molecule has 0 aliphatic heterocycles. The van der Waals surface area contributed by atoms with Crippen LogP contribution in [0.25, 0.3) is 22.6 Å². The van der Waals surface area contributed by atoms with Crippen molar-refractivity contribution in [1.82, 2.24) is 9.88 Å². The Morgan fingerprint density at radius 1 is 1.19 bits per heavy atom. The number of hydrogen-bond acceptors (Lipinski definition) is 5. The third-order valence-corrected chi connectivity index (χ3v) is 4.46. The monoisotopic (exact) mass is 406 g/mol. The molecule has 0 bridgehead atoms. The fourth-order valence-corrected chi connectivity index (χ4v) is 3.13. The molecule has 1 unspecified atom stereocenters. The number of halogens is 2. The Labute approximate surface area is 167 Å². The molecule has 1 atom stereocenters. The molecule has 0 N–H and O–H groups in total. The van der Waals surface area contributed by atoms with Crippen molar-refractivity contribution in [2.75, 3.05) is 20.6 Å². The van der Waals surface area contributed by atoms with E-state index in [4.69, 9.17) is 32.4 Å². The van der Waals surface area contributed by atoms with Gasteiger partial charge in [-0.2, -0.15) is 0 Å². The second-order valence-corrected chi connectivity index (χ2v) is 7.54. The van der Waals surface area contributed by atoms with E-state index >= 15 is 0 Å². The largest absolute Gasteiger partial charge is 0.459 e. The van der Waals surface area contributed by atoms with E-state index in [1.54, 1.807) is 36.4 Å². The summed E-state index contributed by atoms with van der Waals surface area (Å²) in [5.74, 6) is 0.00572. The molecule has 0 fully saturated rings. The molecule has 3 aromatic rings. The maximum absolute atomic E-state index is 12.4. The summed E-state index contributed by atoms with van der Waals surface area (Å²) in [4.78, 5) is 18.9. The number of aromatic nitrogens is 1. The van der Waals surface area contributed by atoms with E-state index in [1.165, 1.54) is 0 Å². The molecule has 0 saturated heterocycles. The zero-order chi connectivity index (χ0) is 19.6. The fourth-order valence-electron chi connectivity index (χ4n) is 2.60. The Kier molecular flexibility index (Phi) is 6.05. The highest BCUT2D eigenvalue weighted by molar-refractivity contribution is 6.35. The second-order valence-electron chi connectivity index (χ2n) is 6.67. The summed E-state index contributed by atoms with van der Waals surface area (Å²) in [5, 5.41) is 0.992. The molecule has 5 nitrogen and oxygen atoms in total. The van der Waals surface area contributed by atoms with Crippen LogP contribution in [-0.2, 0) is 4.74 Å². The zero-order valence-corrected chi connectivity index (χ0v) is 16.8. The van der Waals surface area contributed by atoms with Crippen molar-refractivity contribution in [3.8, 4) is 11.5 Å². The number of rotatable bonds is 6. The average Bonchev–Trinajstić information content (AvgIpc) is 3.02. The van der Waals surface area contributed by atoms with Crippen LogP contribution in [0.3, 0.4) is 0 Å². The van der Waals surface area contributed by atoms with Gasteiger partial charge in [-0.05, 0) is 63.8 Å². The van der Waals surface area contributed by atoms with Crippen LogP contribution >= 0.6 is 23.2 Å². The fraction of sp³-hybridized carbons (Fsp3) is 0.300. The number of fused-ring (bicyclic) bond motifs is 1. The minimum atomic E-state index is -0.382. The highest BCUT2D eigenvalue weighted by Gasteiger charge is 2.16. The number of nitrogens with zero attached hydrogens (tertiary/aromatic N) is 2. The molecule has 2 aromatic carbocycles. The molecule has 1 aromatic heterocycles. The van der Waals surface area contributed by atoms with Gasteiger partial charge in [-0.25, -0.2) is 9.78 Å². The Hall–Kier alpha value is -2.08. The Morgan fingerprint density at radius 2 is 1.89 bits per heavy atom. The molecule has 0 saturated carbocycles. The van der Waals surface area contributed by atoms with Gasteiger partial charge in [-0.1, -0.05) is 23.2 Å². The molecule has 0 spiro atoms. The lowest BCUT2D eigenvalue weighted by Crippen LogP contribution is -2.22. The van der Waals surface area contributed by atoms with Gasteiger partial charge in [-0.3, -0.25) is 0 Å². The summed E-state index contributed by atoms with van der Waals surface area (Å²) >= 11 is 12.1. The molecule has 0 amide bonds. The molecule has 27 heavy (non-hydrogen) atoms. The average molecular weight is 407 g/mol. The predicted molar refractivity (Wildman–Crippen MR) is 108 cm³/mol. The Bertz CT molecular complexity index is 949. The first kappa shape index (κ1) is 19.7. The Balaban J connectivity index is 1.80. The third kappa shape index (κ3) is 5.01. The lowest BCUT2D eigenvalue weighted by atomic mass is 10.2. The summed E-state index contributed by atoms with van der Waals surface area (Å²) in [5.41, 5.74) is 2.23. The van der Waals surface area contributed by atoms with Crippen LogP contribution in [0.1, 0.15) is 23.7 Å². The normalized spacial score (nSPS) is 12.5. The molecule has 0 aliphatic rings. The van der Waals surface area contributed by atoms with Gasteiger partial charge in [0.1, 0.15) is 11.6 Å². The van der Waals surface area contributed by atoms with Crippen LogP contribution < -0.4 is 0 Å². The van der Waals surface area contributed by atoms with Gasteiger partial charge in [0.15, 0.2) is 5.58 Å². The minimum absolute atomic E-state index is 0.172. The summed E-state index contributed by atoms with van der Waals surface area (Å²) in [7, 11) is 3.97. The number of hydrogen-bond donors (Lipinski definition) is 0.